The van der Waals surface area contributed by atoms with Gasteiger partial charge in [-0.1, -0.05) is 0 Å². The van der Waals surface area contributed by atoms with Crippen LogP contribution in [0.15, 0.2) is 15.8 Å². The van der Waals surface area contributed by atoms with E-state index < -0.39 is 42.5 Å². The van der Waals surface area contributed by atoms with Crippen LogP contribution in [-0.4, -0.2) is 44.8 Å². The van der Waals surface area contributed by atoms with Gasteiger partial charge in [0, 0.05) is 11.8 Å². The Hall–Kier alpha value is -1.51. The minimum atomic E-state index is -1.86. The Morgan fingerprint density at radius 2 is 2.22 bits per heavy atom. The molecule has 0 aliphatic carbocycles. The molecule has 0 spiro atoms. The quantitative estimate of drug-likeness (QED) is 0.595. The lowest BCUT2D eigenvalue weighted by Gasteiger charge is -2.15. The molecular formula is C10H13FN2O5. The number of aliphatic hydroxyl groups excluding tert-OH is 2. The van der Waals surface area contributed by atoms with E-state index in [0.29, 0.717) is 0 Å². The summed E-state index contributed by atoms with van der Waals surface area (Å²) in [6.45, 7) is 0.895. The number of aromatic nitrogens is 2. The molecule has 4 atom stereocenters. The van der Waals surface area contributed by atoms with Crippen molar-refractivity contribution in [3.8, 4) is 0 Å². The van der Waals surface area contributed by atoms with Crippen molar-refractivity contribution in [1.82, 2.24) is 9.55 Å². The molecule has 100 valence electrons. The highest BCUT2D eigenvalue weighted by molar-refractivity contribution is 5.03. The number of nitrogens with zero attached hydrogens (tertiary/aromatic N) is 1. The Morgan fingerprint density at radius 3 is 2.78 bits per heavy atom. The van der Waals surface area contributed by atoms with Gasteiger partial charge in [-0.15, -0.1) is 0 Å². The highest BCUT2D eigenvalue weighted by Crippen LogP contribution is 2.30. The summed E-state index contributed by atoms with van der Waals surface area (Å²) in [5.74, 6) is 0. The van der Waals surface area contributed by atoms with Gasteiger partial charge in [-0.2, -0.15) is 0 Å². The molecule has 1 saturated heterocycles. The summed E-state index contributed by atoms with van der Waals surface area (Å²) in [5.41, 5.74) is -1.18. The Bertz CT molecular complexity index is 554. The molecule has 2 heterocycles. The summed E-state index contributed by atoms with van der Waals surface area (Å²) in [4.78, 5) is 24.7. The number of nitrogens with one attached hydrogen (secondary N) is 1. The monoisotopic (exact) mass is 259 g/mol. The van der Waals surface area contributed by atoms with E-state index in [9.17, 15) is 19.1 Å². The molecule has 3 N–H and O–H groups in total. The van der Waals surface area contributed by atoms with Gasteiger partial charge in [0.1, 0.15) is 12.2 Å². The summed E-state index contributed by atoms with van der Waals surface area (Å²) >= 11 is 0. The van der Waals surface area contributed by atoms with Gasteiger partial charge in [-0.25, -0.2) is 9.18 Å². The van der Waals surface area contributed by atoms with E-state index in [1.165, 1.54) is 6.92 Å². The normalized spacial score (nSPS) is 31.8. The fraction of sp³-hybridized carbons (Fsp3) is 0.600. The van der Waals surface area contributed by atoms with Crippen molar-refractivity contribution in [3.63, 3.8) is 0 Å². The molecule has 1 fully saturated rings. The molecule has 0 amide bonds. The number of rotatable bonds is 2. The number of alkyl halides is 1. The largest absolute Gasteiger partial charge is 0.394 e. The van der Waals surface area contributed by atoms with Gasteiger partial charge < -0.3 is 14.9 Å². The van der Waals surface area contributed by atoms with Gasteiger partial charge in [0.15, 0.2) is 12.4 Å². The first-order valence-corrected chi connectivity index (χ1v) is 5.36. The van der Waals surface area contributed by atoms with Crippen molar-refractivity contribution in [3.05, 3.63) is 32.6 Å². The predicted molar refractivity (Wildman–Crippen MR) is 58.0 cm³/mol. The first-order valence-electron chi connectivity index (χ1n) is 5.36. The number of aromatic amines is 1. The number of halogens is 1. The Kier molecular flexibility index (Phi) is 3.33. The van der Waals surface area contributed by atoms with Crippen LogP contribution in [0.4, 0.5) is 4.39 Å². The van der Waals surface area contributed by atoms with E-state index in [2.05, 4.69) is 0 Å². The molecular weight excluding hydrogens is 246 g/mol. The molecule has 18 heavy (non-hydrogen) atoms. The summed E-state index contributed by atoms with van der Waals surface area (Å²) < 4.78 is 19.7. The van der Waals surface area contributed by atoms with Crippen LogP contribution in [-0.2, 0) is 4.74 Å². The molecule has 0 radical (unpaired) electrons. The fourth-order valence-electron chi connectivity index (χ4n) is 1.85. The van der Waals surface area contributed by atoms with Crippen LogP contribution in [0.2, 0.25) is 0 Å². The smallest absolute Gasteiger partial charge is 0.330 e. The molecule has 7 nitrogen and oxygen atoms in total. The topological polar surface area (TPSA) is 105 Å². The average Bonchev–Trinajstić information content (AvgIpc) is 2.61. The molecule has 1 aromatic heterocycles. The van der Waals surface area contributed by atoms with E-state index in [0.717, 1.165) is 10.8 Å². The van der Waals surface area contributed by atoms with Gasteiger partial charge in [0.05, 0.1) is 6.61 Å². The number of aliphatic hydroxyl groups is 2. The Balaban J connectivity index is 2.42. The van der Waals surface area contributed by atoms with Crippen molar-refractivity contribution in [2.45, 2.75) is 31.5 Å². The molecule has 1 aliphatic rings. The minimum Gasteiger partial charge on any atom is -0.394 e. The maximum absolute atomic E-state index is 13.8. The molecule has 0 aromatic carbocycles. The zero-order valence-corrected chi connectivity index (χ0v) is 9.54. The van der Waals surface area contributed by atoms with Crippen LogP contribution in [0.25, 0.3) is 0 Å². The highest BCUT2D eigenvalue weighted by atomic mass is 19.1. The van der Waals surface area contributed by atoms with Crippen LogP contribution in [0, 0.1) is 6.92 Å². The van der Waals surface area contributed by atoms with E-state index in [1.807, 2.05) is 4.98 Å². The maximum atomic E-state index is 13.8. The van der Waals surface area contributed by atoms with E-state index in [1.54, 1.807) is 0 Å². The number of aryl methyl sites for hydroxylation is 1. The van der Waals surface area contributed by atoms with Crippen molar-refractivity contribution < 1.29 is 19.3 Å². The minimum absolute atomic E-state index is 0.215. The van der Waals surface area contributed by atoms with Crippen molar-refractivity contribution in [2.75, 3.05) is 6.61 Å². The number of hydrogen-bond donors (Lipinski definition) is 3. The second kappa shape index (κ2) is 4.63. The first kappa shape index (κ1) is 12.9. The fourth-order valence-corrected chi connectivity index (χ4v) is 1.85. The van der Waals surface area contributed by atoms with Gasteiger partial charge in [-0.05, 0) is 6.92 Å². The predicted octanol–water partition coefficient (Wildman–Crippen LogP) is -1.57. The van der Waals surface area contributed by atoms with E-state index in [-0.39, 0.29) is 5.56 Å². The second-order valence-electron chi connectivity index (χ2n) is 4.16. The summed E-state index contributed by atoms with van der Waals surface area (Å²) in [7, 11) is 0. The molecule has 1 aliphatic heterocycles. The highest BCUT2D eigenvalue weighted by Gasteiger charge is 2.45. The van der Waals surface area contributed by atoms with E-state index in [4.69, 9.17) is 9.84 Å². The second-order valence-corrected chi connectivity index (χ2v) is 4.16. The molecule has 1 unspecified atom stereocenters. The maximum Gasteiger partial charge on any atom is 0.330 e. The molecule has 1 aromatic rings. The van der Waals surface area contributed by atoms with Gasteiger partial charge in [-0.3, -0.25) is 14.3 Å². The number of hydrogen-bond acceptors (Lipinski definition) is 5. The van der Waals surface area contributed by atoms with Crippen LogP contribution in [0.5, 0.6) is 0 Å². The van der Waals surface area contributed by atoms with Crippen LogP contribution >= 0.6 is 0 Å². The standard InChI is InChI=1S/C10H13FN2O5/c1-4-2-13(10(17)12-8(4)16)9-6(11)7(15)5(3-14)18-9/h2,5-7,9,14-15H,3H2,1H3,(H,12,16,17)/t5-,6+,7?,9+/m1/s1/i1-1. The summed E-state index contributed by atoms with van der Waals surface area (Å²) in [5, 5.41) is 18.3. The van der Waals surface area contributed by atoms with Gasteiger partial charge in [0.25, 0.3) is 5.56 Å². The lowest BCUT2D eigenvalue weighted by molar-refractivity contribution is -0.0492. The summed E-state index contributed by atoms with van der Waals surface area (Å²) in [6, 6.07) is 0. The lowest BCUT2D eigenvalue weighted by Crippen LogP contribution is -2.36. The van der Waals surface area contributed by atoms with Crippen LogP contribution in [0.1, 0.15) is 11.8 Å². The third-order valence-electron chi connectivity index (χ3n) is 2.89. The van der Waals surface area contributed by atoms with Gasteiger partial charge >= 0.3 is 5.69 Å². The molecule has 0 saturated carbocycles. The first-order chi connectivity index (χ1) is 8.45. The van der Waals surface area contributed by atoms with Crippen molar-refractivity contribution in [1.29, 1.82) is 0 Å². The Labute approximate surface area is 100 Å². The van der Waals surface area contributed by atoms with Gasteiger partial charge in [0.2, 0.25) is 0 Å². The number of ether oxygens (including phenoxy) is 1. The molecule has 0 bridgehead atoms. The van der Waals surface area contributed by atoms with Crippen LogP contribution in [0.3, 0.4) is 0 Å². The van der Waals surface area contributed by atoms with Crippen molar-refractivity contribution >= 4 is 0 Å². The van der Waals surface area contributed by atoms with E-state index >= 15 is 0 Å². The SMILES string of the molecule is [11CH3]c1cn([C@H]2O[C@H](CO)C(O)[C@@H]2F)c(=O)[nH]c1=O. The average molecular weight is 259 g/mol. The molecule has 2 rings (SSSR count). The zero-order valence-electron chi connectivity index (χ0n) is 9.54. The summed E-state index contributed by atoms with van der Waals surface area (Å²) in [6.07, 6.45) is -4.67. The third kappa shape index (κ3) is 1.98. The van der Waals surface area contributed by atoms with Crippen LogP contribution < -0.4 is 11.2 Å². The van der Waals surface area contributed by atoms with Crippen molar-refractivity contribution in [2.24, 2.45) is 0 Å². The third-order valence-corrected chi connectivity index (χ3v) is 2.89. The zero-order chi connectivity index (χ0) is 13.4. The number of H-pyrrole nitrogens is 1. The molecule has 8 heteroatoms. The Morgan fingerprint density at radius 1 is 1.56 bits per heavy atom. The lowest BCUT2D eigenvalue weighted by atomic mass is 10.1.